The monoisotopic (exact) mass is 219 g/mol. The van der Waals surface area contributed by atoms with E-state index in [1.807, 2.05) is 0 Å². The molecule has 0 bridgehead atoms. The van der Waals surface area contributed by atoms with Crippen LogP contribution in [0.5, 0.6) is 0 Å². The van der Waals surface area contributed by atoms with Crippen LogP contribution in [0.2, 0.25) is 0 Å². The first kappa shape index (κ1) is 11.6. The average Bonchev–Trinajstić information content (AvgIpc) is 2.19. The minimum absolute atomic E-state index is 0.438. The fourth-order valence-electron chi connectivity index (χ4n) is 2.28. The molecule has 1 aliphatic carbocycles. The first-order chi connectivity index (χ1) is 7.70. The summed E-state index contributed by atoms with van der Waals surface area (Å²) in [5.74, 6) is 0.697. The highest BCUT2D eigenvalue weighted by molar-refractivity contribution is 5.32. The lowest BCUT2D eigenvalue weighted by molar-refractivity contribution is -0.0379. The molecule has 1 aromatic rings. The molecule has 0 unspecified atom stereocenters. The molecule has 0 saturated heterocycles. The van der Waals surface area contributed by atoms with E-state index in [9.17, 15) is 0 Å². The zero-order valence-corrected chi connectivity index (χ0v) is 10.2. The molecule has 0 heterocycles. The van der Waals surface area contributed by atoms with Gasteiger partial charge in [-0.2, -0.15) is 0 Å². The summed E-state index contributed by atoms with van der Waals surface area (Å²) in [6, 6.07) is 6.40. The number of hydrogen-bond donors (Lipinski definition) is 1. The molecule has 0 aliphatic heterocycles. The molecule has 16 heavy (non-hydrogen) atoms. The fraction of sp³-hybridized carbons (Fsp3) is 0.571. The predicted molar refractivity (Wildman–Crippen MR) is 66.3 cm³/mol. The second-order valence-corrected chi connectivity index (χ2v) is 4.88. The van der Waals surface area contributed by atoms with Gasteiger partial charge in [0.25, 0.3) is 0 Å². The lowest BCUT2D eigenvalue weighted by Crippen LogP contribution is -2.35. The largest absolute Gasteiger partial charge is 0.374 e. The first-order valence-electron chi connectivity index (χ1n) is 6.07. The Bertz CT molecular complexity index is 336. The van der Waals surface area contributed by atoms with Crippen LogP contribution in [-0.2, 0) is 11.3 Å². The van der Waals surface area contributed by atoms with E-state index >= 15 is 0 Å². The number of rotatable bonds is 4. The molecule has 2 heteroatoms. The third-order valence-electron chi connectivity index (χ3n) is 3.63. The van der Waals surface area contributed by atoms with E-state index in [1.54, 1.807) is 0 Å². The van der Waals surface area contributed by atoms with Gasteiger partial charge in [0.15, 0.2) is 0 Å². The van der Waals surface area contributed by atoms with E-state index < -0.39 is 0 Å². The Labute approximate surface area is 97.8 Å². The van der Waals surface area contributed by atoms with Gasteiger partial charge in [-0.3, -0.25) is 0 Å². The predicted octanol–water partition coefficient (Wildman–Crippen LogP) is 2.56. The highest BCUT2D eigenvalue weighted by Crippen LogP contribution is 2.30. The summed E-state index contributed by atoms with van der Waals surface area (Å²) >= 11 is 0. The average molecular weight is 219 g/mol. The van der Waals surface area contributed by atoms with Crippen molar-refractivity contribution in [3.8, 4) is 0 Å². The Morgan fingerprint density at radius 3 is 2.44 bits per heavy atom. The van der Waals surface area contributed by atoms with E-state index in [2.05, 4.69) is 32.0 Å². The van der Waals surface area contributed by atoms with Gasteiger partial charge in [-0.1, -0.05) is 18.2 Å². The molecule has 0 aromatic heterocycles. The highest BCUT2D eigenvalue weighted by Gasteiger charge is 2.28. The number of benzene rings is 1. The second kappa shape index (κ2) is 4.98. The van der Waals surface area contributed by atoms with Crippen LogP contribution in [0.4, 0.5) is 0 Å². The van der Waals surface area contributed by atoms with Crippen LogP contribution in [0.3, 0.4) is 0 Å². The molecule has 2 nitrogen and oxygen atoms in total. The van der Waals surface area contributed by atoms with E-state index in [0.717, 1.165) is 26.0 Å². The fourth-order valence-corrected chi connectivity index (χ4v) is 2.28. The van der Waals surface area contributed by atoms with Crippen LogP contribution in [0, 0.1) is 19.8 Å². The van der Waals surface area contributed by atoms with Crippen LogP contribution in [0.15, 0.2) is 18.2 Å². The Hall–Kier alpha value is -0.860. The van der Waals surface area contributed by atoms with Crippen LogP contribution in [0.1, 0.15) is 29.5 Å². The van der Waals surface area contributed by atoms with Gasteiger partial charge in [-0.25, -0.2) is 0 Å². The lowest BCUT2D eigenvalue weighted by atomic mass is 9.82. The Balaban J connectivity index is 1.86. The lowest BCUT2D eigenvalue weighted by Gasteiger charge is -2.34. The third-order valence-corrected chi connectivity index (χ3v) is 3.63. The molecule has 0 spiro atoms. The van der Waals surface area contributed by atoms with Gasteiger partial charge in [0.05, 0.1) is 12.7 Å². The van der Waals surface area contributed by atoms with Crippen molar-refractivity contribution < 1.29 is 4.74 Å². The summed E-state index contributed by atoms with van der Waals surface area (Å²) in [6.07, 6.45) is 2.72. The zero-order valence-electron chi connectivity index (χ0n) is 10.2. The molecule has 1 aromatic carbocycles. The summed E-state index contributed by atoms with van der Waals surface area (Å²) in [5.41, 5.74) is 9.60. The molecule has 2 rings (SSSR count). The SMILES string of the molecule is Cc1cccc(C)c1COC1CC(CN)C1. The topological polar surface area (TPSA) is 35.2 Å². The van der Waals surface area contributed by atoms with Gasteiger partial charge in [0.2, 0.25) is 0 Å². The van der Waals surface area contributed by atoms with E-state index in [0.29, 0.717) is 12.0 Å². The van der Waals surface area contributed by atoms with Crippen LogP contribution >= 0.6 is 0 Å². The highest BCUT2D eigenvalue weighted by atomic mass is 16.5. The quantitative estimate of drug-likeness (QED) is 0.844. The summed E-state index contributed by atoms with van der Waals surface area (Å²) in [4.78, 5) is 0. The molecule has 1 fully saturated rings. The van der Waals surface area contributed by atoms with Gasteiger partial charge in [0.1, 0.15) is 0 Å². The van der Waals surface area contributed by atoms with Gasteiger partial charge in [-0.15, -0.1) is 0 Å². The normalized spacial score (nSPS) is 24.2. The molecular formula is C14H21NO. The summed E-state index contributed by atoms with van der Waals surface area (Å²) < 4.78 is 5.90. The minimum Gasteiger partial charge on any atom is -0.374 e. The number of hydrogen-bond acceptors (Lipinski definition) is 2. The summed E-state index contributed by atoms with van der Waals surface area (Å²) in [5, 5.41) is 0. The Morgan fingerprint density at radius 2 is 1.88 bits per heavy atom. The van der Waals surface area contributed by atoms with Crippen LogP contribution in [0.25, 0.3) is 0 Å². The van der Waals surface area contributed by atoms with Crippen molar-refractivity contribution in [3.63, 3.8) is 0 Å². The molecule has 1 saturated carbocycles. The van der Waals surface area contributed by atoms with Gasteiger partial charge < -0.3 is 10.5 Å². The van der Waals surface area contributed by atoms with E-state index in [-0.39, 0.29) is 0 Å². The molecule has 2 N–H and O–H groups in total. The molecule has 0 amide bonds. The van der Waals surface area contributed by atoms with Crippen molar-refractivity contribution in [3.05, 3.63) is 34.9 Å². The Kier molecular flexibility index (Phi) is 3.62. The summed E-state index contributed by atoms with van der Waals surface area (Å²) in [7, 11) is 0. The van der Waals surface area contributed by atoms with E-state index in [4.69, 9.17) is 10.5 Å². The van der Waals surface area contributed by atoms with Crippen molar-refractivity contribution in [2.24, 2.45) is 11.7 Å². The minimum atomic E-state index is 0.438. The molecule has 0 radical (unpaired) electrons. The third kappa shape index (κ3) is 2.45. The van der Waals surface area contributed by atoms with E-state index in [1.165, 1.54) is 16.7 Å². The first-order valence-corrected chi connectivity index (χ1v) is 6.07. The second-order valence-electron chi connectivity index (χ2n) is 4.88. The number of aryl methyl sites for hydroxylation is 2. The van der Waals surface area contributed by atoms with Gasteiger partial charge in [0, 0.05) is 0 Å². The standard InChI is InChI=1S/C14H21NO/c1-10-4-3-5-11(2)14(10)9-16-13-6-12(7-13)8-15/h3-5,12-13H,6-9,15H2,1-2H3. The van der Waals surface area contributed by atoms with Crippen molar-refractivity contribution in [1.29, 1.82) is 0 Å². The smallest absolute Gasteiger partial charge is 0.0725 e. The number of ether oxygens (including phenoxy) is 1. The zero-order chi connectivity index (χ0) is 11.5. The van der Waals surface area contributed by atoms with Crippen LogP contribution < -0.4 is 5.73 Å². The maximum atomic E-state index is 5.90. The summed E-state index contributed by atoms with van der Waals surface area (Å²) in [6.45, 7) is 5.86. The van der Waals surface area contributed by atoms with Crippen molar-refractivity contribution in [2.45, 2.75) is 39.4 Å². The van der Waals surface area contributed by atoms with Crippen molar-refractivity contribution in [2.75, 3.05) is 6.54 Å². The van der Waals surface area contributed by atoms with Gasteiger partial charge >= 0.3 is 0 Å². The molecule has 88 valence electrons. The molecular weight excluding hydrogens is 198 g/mol. The Morgan fingerprint density at radius 1 is 1.25 bits per heavy atom. The maximum Gasteiger partial charge on any atom is 0.0725 e. The van der Waals surface area contributed by atoms with Crippen molar-refractivity contribution >= 4 is 0 Å². The maximum absolute atomic E-state index is 5.90. The number of nitrogens with two attached hydrogens (primary N) is 1. The van der Waals surface area contributed by atoms with Crippen LogP contribution in [-0.4, -0.2) is 12.6 Å². The van der Waals surface area contributed by atoms with Crippen molar-refractivity contribution in [1.82, 2.24) is 0 Å². The van der Waals surface area contributed by atoms with Gasteiger partial charge in [-0.05, 0) is 55.8 Å². The molecule has 0 atom stereocenters. The molecule has 1 aliphatic rings.